The van der Waals surface area contributed by atoms with Crippen LogP contribution in [-0.4, -0.2) is 25.3 Å². The lowest BCUT2D eigenvalue weighted by Crippen LogP contribution is -2.21. The molecule has 28 heavy (non-hydrogen) atoms. The smallest absolute Gasteiger partial charge is 0.291 e. The first kappa shape index (κ1) is 20.2. The van der Waals surface area contributed by atoms with Crippen LogP contribution in [0.1, 0.15) is 5.56 Å². The van der Waals surface area contributed by atoms with Crippen molar-refractivity contribution in [3.05, 3.63) is 74.6 Å². The van der Waals surface area contributed by atoms with Crippen molar-refractivity contribution in [1.29, 1.82) is 0 Å². The van der Waals surface area contributed by atoms with E-state index in [1.165, 1.54) is 37.6 Å². The number of hydrogen-bond donors (Lipinski definition) is 1. The van der Waals surface area contributed by atoms with Crippen molar-refractivity contribution in [1.82, 2.24) is 9.78 Å². The van der Waals surface area contributed by atoms with Crippen molar-refractivity contribution in [3.63, 3.8) is 0 Å². The molecule has 0 aliphatic rings. The van der Waals surface area contributed by atoms with Crippen LogP contribution in [0.25, 0.3) is 5.69 Å². The van der Waals surface area contributed by atoms with Crippen LogP contribution in [0.15, 0.2) is 58.4 Å². The van der Waals surface area contributed by atoms with E-state index in [-0.39, 0.29) is 14.9 Å². The molecule has 2 aromatic carbocycles. The first-order valence-corrected chi connectivity index (χ1v) is 10.2. The third-order valence-corrected chi connectivity index (χ3v) is 6.00. The zero-order valence-electron chi connectivity index (χ0n) is 14.8. The van der Waals surface area contributed by atoms with Crippen LogP contribution in [0.5, 0.6) is 5.75 Å². The fourth-order valence-corrected chi connectivity index (χ4v) is 3.77. The maximum absolute atomic E-state index is 12.7. The van der Waals surface area contributed by atoms with Crippen LogP contribution in [0.3, 0.4) is 0 Å². The van der Waals surface area contributed by atoms with Crippen molar-refractivity contribution < 1.29 is 13.2 Å². The highest BCUT2D eigenvalue weighted by Crippen LogP contribution is 2.28. The molecular weight excluding hydrogens is 425 g/mol. The fourth-order valence-electron chi connectivity index (χ4n) is 2.45. The number of nitrogens with one attached hydrogen (secondary N) is 1. The minimum atomic E-state index is -3.87. The average Bonchev–Trinajstić information content (AvgIpc) is 2.67. The summed E-state index contributed by atoms with van der Waals surface area (Å²) in [5.74, 6) is 0.409. The van der Waals surface area contributed by atoms with Gasteiger partial charge < -0.3 is 4.74 Å². The number of aryl methyl sites for hydroxylation is 1. The Morgan fingerprint density at radius 2 is 1.79 bits per heavy atom. The van der Waals surface area contributed by atoms with Crippen LogP contribution in [0, 0.1) is 6.92 Å². The Balaban J connectivity index is 1.93. The molecule has 0 saturated carbocycles. The number of ether oxygens (including phenoxy) is 1. The third-order valence-electron chi connectivity index (χ3n) is 3.87. The highest BCUT2D eigenvalue weighted by molar-refractivity contribution is 7.92. The van der Waals surface area contributed by atoms with Crippen LogP contribution in [0.2, 0.25) is 10.0 Å². The Bertz CT molecular complexity index is 1190. The van der Waals surface area contributed by atoms with Gasteiger partial charge in [-0.05, 0) is 48.9 Å². The zero-order valence-corrected chi connectivity index (χ0v) is 17.1. The van der Waals surface area contributed by atoms with Gasteiger partial charge in [0, 0.05) is 0 Å². The lowest BCUT2D eigenvalue weighted by Gasteiger charge is -2.13. The molecule has 0 bridgehead atoms. The lowest BCUT2D eigenvalue weighted by atomic mass is 10.2. The van der Waals surface area contributed by atoms with Gasteiger partial charge in [-0.1, -0.05) is 29.3 Å². The standard InChI is InChI=1S/C18H15Cl2N3O4S/c1-11-3-8-15(16(9-11)27-2)22-28(25,26)13-6-4-12(5-7-13)23-18(24)17(20)14(19)10-21-23/h3-10,22H,1-2H3. The molecule has 3 aromatic rings. The van der Waals surface area contributed by atoms with E-state index in [1.807, 2.05) is 6.92 Å². The van der Waals surface area contributed by atoms with Gasteiger partial charge in [0.15, 0.2) is 0 Å². The predicted molar refractivity (Wildman–Crippen MR) is 108 cm³/mol. The van der Waals surface area contributed by atoms with Crippen molar-refractivity contribution in [2.75, 3.05) is 11.8 Å². The summed E-state index contributed by atoms with van der Waals surface area (Å²) in [5, 5.41) is 3.78. The molecule has 1 aromatic heterocycles. The number of anilines is 1. The molecule has 10 heteroatoms. The summed E-state index contributed by atoms with van der Waals surface area (Å²) in [6.07, 6.45) is 1.24. The molecule has 146 valence electrons. The molecule has 0 radical (unpaired) electrons. The Morgan fingerprint density at radius 1 is 1.11 bits per heavy atom. The van der Waals surface area contributed by atoms with Crippen molar-refractivity contribution in [2.45, 2.75) is 11.8 Å². The van der Waals surface area contributed by atoms with Gasteiger partial charge >= 0.3 is 0 Å². The van der Waals surface area contributed by atoms with Crippen LogP contribution in [0.4, 0.5) is 5.69 Å². The van der Waals surface area contributed by atoms with Crippen LogP contribution < -0.4 is 15.0 Å². The number of nitrogens with zero attached hydrogens (tertiary/aromatic N) is 2. The van der Waals surface area contributed by atoms with E-state index < -0.39 is 15.6 Å². The van der Waals surface area contributed by atoms with E-state index in [2.05, 4.69) is 9.82 Å². The summed E-state index contributed by atoms with van der Waals surface area (Å²) < 4.78 is 34.1. The normalized spacial score (nSPS) is 11.3. The average molecular weight is 440 g/mol. The number of benzene rings is 2. The van der Waals surface area contributed by atoms with Gasteiger partial charge in [-0.25, -0.2) is 8.42 Å². The van der Waals surface area contributed by atoms with E-state index in [9.17, 15) is 13.2 Å². The van der Waals surface area contributed by atoms with E-state index in [0.29, 0.717) is 17.1 Å². The molecule has 1 heterocycles. The number of hydrogen-bond acceptors (Lipinski definition) is 5. The molecule has 1 N–H and O–H groups in total. The van der Waals surface area contributed by atoms with Gasteiger partial charge in [0.25, 0.3) is 15.6 Å². The molecule has 0 spiro atoms. The molecule has 0 aliphatic heterocycles. The Kier molecular flexibility index (Phi) is 5.64. The lowest BCUT2D eigenvalue weighted by molar-refractivity contribution is 0.416. The Morgan fingerprint density at radius 3 is 2.43 bits per heavy atom. The molecule has 7 nitrogen and oxygen atoms in total. The molecule has 0 fully saturated rings. The summed E-state index contributed by atoms with van der Waals surface area (Å²) in [7, 11) is -2.41. The van der Waals surface area contributed by atoms with Crippen molar-refractivity contribution >= 4 is 38.9 Å². The highest BCUT2D eigenvalue weighted by atomic mass is 35.5. The van der Waals surface area contributed by atoms with Gasteiger partial charge in [0.2, 0.25) is 0 Å². The molecule has 0 aliphatic carbocycles. The van der Waals surface area contributed by atoms with Crippen molar-refractivity contribution in [2.24, 2.45) is 0 Å². The quantitative estimate of drug-likeness (QED) is 0.654. The van der Waals surface area contributed by atoms with E-state index in [4.69, 9.17) is 27.9 Å². The van der Waals surface area contributed by atoms with Gasteiger partial charge in [0.1, 0.15) is 10.8 Å². The minimum absolute atomic E-state index is 0.00647. The molecule has 0 saturated heterocycles. The van der Waals surface area contributed by atoms with E-state index in [0.717, 1.165) is 10.2 Å². The minimum Gasteiger partial charge on any atom is -0.495 e. The predicted octanol–water partition coefficient (Wildman–Crippen LogP) is 3.66. The third kappa shape index (κ3) is 3.99. The summed E-state index contributed by atoms with van der Waals surface area (Å²) in [5.41, 5.74) is 0.992. The van der Waals surface area contributed by atoms with Gasteiger partial charge in [0.05, 0.1) is 34.6 Å². The number of aromatic nitrogens is 2. The number of halogens is 2. The number of methoxy groups -OCH3 is 1. The highest BCUT2D eigenvalue weighted by Gasteiger charge is 2.17. The molecule has 0 unspecified atom stereocenters. The summed E-state index contributed by atoms with van der Waals surface area (Å²) in [4.78, 5) is 12.2. The first-order chi connectivity index (χ1) is 13.2. The van der Waals surface area contributed by atoms with E-state index in [1.54, 1.807) is 18.2 Å². The Labute approximate surface area is 171 Å². The molecule has 3 rings (SSSR count). The largest absolute Gasteiger partial charge is 0.495 e. The van der Waals surface area contributed by atoms with Crippen LogP contribution in [-0.2, 0) is 10.0 Å². The number of sulfonamides is 1. The second-order valence-corrected chi connectivity index (χ2v) is 8.29. The molecular formula is C18H15Cl2N3O4S. The maximum atomic E-state index is 12.7. The second kappa shape index (κ2) is 7.83. The molecule has 0 atom stereocenters. The van der Waals surface area contributed by atoms with Gasteiger partial charge in [-0.15, -0.1) is 0 Å². The van der Waals surface area contributed by atoms with Crippen molar-refractivity contribution in [3.8, 4) is 11.4 Å². The number of rotatable bonds is 5. The van der Waals surface area contributed by atoms with Gasteiger partial charge in [-0.2, -0.15) is 9.78 Å². The maximum Gasteiger partial charge on any atom is 0.291 e. The summed E-state index contributed by atoms with van der Waals surface area (Å²) >= 11 is 11.6. The second-order valence-electron chi connectivity index (χ2n) is 5.83. The van der Waals surface area contributed by atoms with Gasteiger partial charge in [-0.3, -0.25) is 9.52 Å². The first-order valence-electron chi connectivity index (χ1n) is 7.94. The monoisotopic (exact) mass is 439 g/mol. The SMILES string of the molecule is COc1cc(C)ccc1NS(=O)(=O)c1ccc(-n2ncc(Cl)c(Cl)c2=O)cc1. The van der Waals surface area contributed by atoms with E-state index >= 15 is 0 Å². The topological polar surface area (TPSA) is 90.3 Å². The van der Waals surface area contributed by atoms with Crippen LogP contribution >= 0.6 is 23.2 Å². The Hall–Kier alpha value is -2.55. The fraction of sp³-hybridized carbons (Fsp3) is 0.111. The summed E-state index contributed by atoms with van der Waals surface area (Å²) in [6.45, 7) is 1.87. The molecule has 0 amide bonds. The zero-order chi connectivity index (χ0) is 20.5. The summed E-state index contributed by atoms with van der Waals surface area (Å²) in [6, 6.07) is 10.7.